The van der Waals surface area contributed by atoms with E-state index >= 15 is 0 Å². The Hall–Kier alpha value is -1.93. The molecule has 1 atom stereocenters. The highest BCUT2D eigenvalue weighted by atomic mass is 35.5. The third-order valence-electron chi connectivity index (χ3n) is 3.39. The molecule has 1 amide bonds. The van der Waals surface area contributed by atoms with Crippen LogP contribution in [0.15, 0.2) is 18.2 Å². The number of benzene rings is 1. The summed E-state index contributed by atoms with van der Waals surface area (Å²) in [6.45, 7) is 5.55. The molecule has 0 aliphatic heterocycles. The smallest absolute Gasteiger partial charge is 0.240 e. The lowest BCUT2D eigenvalue weighted by atomic mass is 9.90. The van der Waals surface area contributed by atoms with Crippen LogP contribution < -0.4 is 15.4 Å². The Labute approximate surface area is 130 Å². The van der Waals surface area contributed by atoms with Crippen molar-refractivity contribution in [1.29, 1.82) is 5.26 Å². The van der Waals surface area contributed by atoms with Crippen molar-refractivity contribution in [3.63, 3.8) is 0 Å². The number of halogens is 1. The van der Waals surface area contributed by atoms with Gasteiger partial charge < -0.3 is 15.4 Å². The molecule has 0 saturated heterocycles. The van der Waals surface area contributed by atoms with Gasteiger partial charge in [0, 0.05) is 5.69 Å². The van der Waals surface area contributed by atoms with Gasteiger partial charge in [0.2, 0.25) is 5.91 Å². The molecule has 1 rings (SSSR count). The second kappa shape index (κ2) is 7.19. The zero-order valence-electron chi connectivity index (χ0n) is 12.7. The molecule has 0 bridgehead atoms. The molecule has 0 saturated carbocycles. The molecule has 0 fully saturated rings. The van der Waals surface area contributed by atoms with E-state index in [-0.39, 0.29) is 18.4 Å². The first-order valence-electron chi connectivity index (χ1n) is 6.62. The van der Waals surface area contributed by atoms with Gasteiger partial charge in [-0.15, -0.1) is 0 Å². The molecule has 1 aromatic rings. The van der Waals surface area contributed by atoms with Crippen molar-refractivity contribution in [2.75, 3.05) is 19.0 Å². The highest BCUT2D eigenvalue weighted by molar-refractivity contribution is 6.32. The maximum absolute atomic E-state index is 11.9. The van der Waals surface area contributed by atoms with Gasteiger partial charge in [0.25, 0.3) is 0 Å². The number of hydrogen-bond donors (Lipinski definition) is 2. The third kappa shape index (κ3) is 4.54. The molecule has 0 radical (unpaired) electrons. The number of amides is 1. The van der Waals surface area contributed by atoms with E-state index in [4.69, 9.17) is 21.6 Å². The summed E-state index contributed by atoms with van der Waals surface area (Å²) in [6.07, 6.45) is 0. The molecule has 2 N–H and O–H groups in total. The van der Waals surface area contributed by atoms with Gasteiger partial charge in [0.05, 0.1) is 24.7 Å². The molecule has 21 heavy (non-hydrogen) atoms. The molecule has 5 nitrogen and oxygen atoms in total. The molecular weight excluding hydrogens is 290 g/mol. The van der Waals surface area contributed by atoms with E-state index in [1.54, 1.807) is 25.1 Å². The highest BCUT2D eigenvalue weighted by Gasteiger charge is 2.29. The van der Waals surface area contributed by atoms with E-state index in [1.807, 2.05) is 13.8 Å². The SMILES string of the molecule is COc1ccc(NCC(=O)N[C@](C)(C#N)C(C)C)cc1Cl. The van der Waals surface area contributed by atoms with E-state index in [1.165, 1.54) is 7.11 Å². The summed E-state index contributed by atoms with van der Waals surface area (Å²) >= 11 is 6.01. The van der Waals surface area contributed by atoms with Gasteiger partial charge in [0.1, 0.15) is 11.3 Å². The number of methoxy groups -OCH3 is 1. The minimum Gasteiger partial charge on any atom is -0.495 e. The number of nitrogens with one attached hydrogen (secondary N) is 2. The zero-order valence-corrected chi connectivity index (χ0v) is 13.4. The van der Waals surface area contributed by atoms with E-state index < -0.39 is 5.54 Å². The molecule has 0 aliphatic rings. The standard InChI is InChI=1S/C15H20ClN3O2/c1-10(2)15(3,9-17)19-14(20)8-18-11-5-6-13(21-4)12(16)7-11/h5-7,10,18H,8H2,1-4H3,(H,19,20)/t15-/m1/s1. The third-order valence-corrected chi connectivity index (χ3v) is 3.69. The van der Waals surface area contributed by atoms with Crippen LogP contribution in [0.25, 0.3) is 0 Å². The lowest BCUT2D eigenvalue weighted by Gasteiger charge is -2.27. The summed E-state index contributed by atoms with van der Waals surface area (Å²) in [5.41, 5.74) is -0.171. The monoisotopic (exact) mass is 309 g/mol. The number of rotatable bonds is 6. The fourth-order valence-corrected chi connectivity index (χ4v) is 1.85. The fourth-order valence-electron chi connectivity index (χ4n) is 1.59. The van der Waals surface area contributed by atoms with Gasteiger partial charge in [-0.25, -0.2) is 0 Å². The Balaban J connectivity index is 2.62. The Morgan fingerprint density at radius 3 is 2.67 bits per heavy atom. The molecule has 6 heteroatoms. The minimum absolute atomic E-state index is 0.0156. The van der Waals surface area contributed by atoms with Crippen molar-refractivity contribution in [1.82, 2.24) is 5.32 Å². The Morgan fingerprint density at radius 1 is 1.52 bits per heavy atom. The molecular formula is C15H20ClN3O2. The Kier molecular flexibility index (Phi) is 5.86. The van der Waals surface area contributed by atoms with Gasteiger partial charge in [-0.3, -0.25) is 4.79 Å². The first-order chi connectivity index (χ1) is 9.82. The number of hydrogen-bond acceptors (Lipinski definition) is 4. The number of ether oxygens (including phenoxy) is 1. The van der Waals surface area contributed by atoms with Gasteiger partial charge in [-0.1, -0.05) is 25.4 Å². The van der Waals surface area contributed by atoms with Crippen LogP contribution in [0.4, 0.5) is 5.69 Å². The van der Waals surface area contributed by atoms with Crippen LogP contribution in [0.1, 0.15) is 20.8 Å². The van der Waals surface area contributed by atoms with Gasteiger partial charge in [0.15, 0.2) is 0 Å². The van der Waals surface area contributed by atoms with E-state index in [0.29, 0.717) is 16.5 Å². The molecule has 0 aromatic heterocycles. The van der Waals surface area contributed by atoms with Gasteiger partial charge >= 0.3 is 0 Å². The summed E-state index contributed by atoms with van der Waals surface area (Å²) < 4.78 is 5.06. The van der Waals surface area contributed by atoms with Crippen LogP contribution in [-0.4, -0.2) is 25.1 Å². The molecule has 0 aliphatic carbocycles. The number of carbonyl (C=O) groups excluding carboxylic acids is 1. The topological polar surface area (TPSA) is 74.2 Å². The van der Waals surface area contributed by atoms with Crippen LogP contribution in [-0.2, 0) is 4.79 Å². The van der Waals surface area contributed by atoms with Gasteiger partial charge in [-0.2, -0.15) is 5.26 Å². The highest BCUT2D eigenvalue weighted by Crippen LogP contribution is 2.27. The first-order valence-corrected chi connectivity index (χ1v) is 7.00. The maximum Gasteiger partial charge on any atom is 0.240 e. The molecule has 1 aromatic carbocycles. The maximum atomic E-state index is 11.9. The average Bonchev–Trinajstić information content (AvgIpc) is 2.44. The summed E-state index contributed by atoms with van der Waals surface area (Å²) in [5.74, 6) is 0.338. The summed E-state index contributed by atoms with van der Waals surface area (Å²) in [6, 6.07) is 7.30. The second-order valence-electron chi connectivity index (χ2n) is 5.22. The Bertz CT molecular complexity index is 554. The van der Waals surface area contributed by atoms with Gasteiger partial charge in [-0.05, 0) is 31.0 Å². The molecule has 0 unspecified atom stereocenters. The normalized spacial score (nSPS) is 13.2. The van der Waals surface area contributed by atoms with E-state index in [2.05, 4.69) is 16.7 Å². The van der Waals surface area contributed by atoms with Crippen LogP contribution in [0.5, 0.6) is 5.75 Å². The molecule has 114 valence electrons. The van der Waals surface area contributed by atoms with Crippen molar-refractivity contribution in [3.05, 3.63) is 23.2 Å². The lowest BCUT2D eigenvalue weighted by Crippen LogP contribution is -2.50. The van der Waals surface area contributed by atoms with Crippen LogP contribution in [0.2, 0.25) is 5.02 Å². The quantitative estimate of drug-likeness (QED) is 0.847. The number of nitrogens with zero attached hydrogens (tertiary/aromatic N) is 1. The van der Waals surface area contributed by atoms with Crippen LogP contribution in [0, 0.1) is 17.2 Å². The predicted octanol–water partition coefficient (Wildman–Crippen LogP) is 2.81. The first kappa shape index (κ1) is 17.1. The largest absolute Gasteiger partial charge is 0.495 e. The summed E-state index contributed by atoms with van der Waals surface area (Å²) in [7, 11) is 1.54. The fraction of sp³-hybridized carbons (Fsp3) is 0.467. The average molecular weight is 310 g/mol. The Morgan fingerprint density at radius 2 is 2.19 bits per heavy atom. The number of carbonyl (C=O) groups is 1. The van der Waals surface area contributed by atoms with Crippen molar-refractivity contribution in [2.45, 2.75) is 26.3 Å². The van der Waals surface area contributed by atoms with Crippen molar-refractivity contribution in [3.8, 4) is 11.8 Å². The number of anilines is 1. The van der Waals surface area contributed by atoms with Crippen molar-refractivity contribution >= 4 is 23.2 Å². The van der Waals surface area contributed by atoms with Crippen molar-refractivity contribution in [2.24, 2.45) is 5.92 Å². The van der Waals surface area contributed by atoms with Crippen molar-refractivity contribution < 1.29 is 9.53 Å². The molecule has 0 spiro atoms. The predicted molar refractivity (Wildman–Crippen MR) is 83.5 cm³/mol. The van der Waals surface area contributed by atoms with E-state index in [9.17, 15) is 4.79 Å². The minimum atomic E-state index is -0.879. The summed E-state index contributed by atoms with van der Waals surface area (Å²) in [5, 5.41) is 15.3. The molecule has 0 heterocycles. The second-order valence-corrected chi connectivity index (χ2v) is 5.63. The van der Waals surface area contributed by atoms with Crippen LogP contribution in [0.3, 0.4) is 0 Å². The number of nitriles is 1. The zero-order chi connectivity index (χ0) is 16.0. The summed E-state index contributed by atoms with van der Waals surface area (Å²) in [4.78, 5) is 11.9. The van der Waals surface area contributed by atoms with Crippen LogP contribution >= 0.6 is 11.6 Å². The lowest BCUT2D eigenvalue weighted by molar-refractivity contribution is -0.121. The van der Waals surface area contributed by atoms with E-state index in [0.717, 1.165) is 0 Å².